The van der Waals surface area contributed by atoms with Gasteiger partial charge >= 0.3 is 0 Å². The maximum absolute atomic E-state index is 13.5. The average molecular weight is 452 g/mol. The Labute approximate surface area is 193 Å². The Kier molecular flexibility index (Phi) is 5.70. The number of hydrogen-bond donors (Lipinski definition) is 0. The fourth-order valence-corrected chi connectivity index (χ4v) is 5.16. The van der Waals surface area contributed by atoms with Gasteiger partial charge in [0.15, 0.2) is 5.76 Å². The molecule has 0 saturated carbocycles. The largest absolute Gasteiger partial charge is 0.459 e. The van der Waals surface area contributed by atoms with Crippen molar-refractivity contribution in [2.45, 2.75) is 44.4 Å². The number of benzene rings is 1. The third-order valence-electron chi connectivity index (χ3n) is 7.04. The lowest BCUT2D eigenvalue weighted by atomic mass is 9.96. The van der Waals surface area contributed by atoms with E-state index in [2.05, 4.69) is 0 Å². The highest BCUT2D eigenvalue weighted by atomic mass is 16.5. The molecule has 0 aliphatic carbocycles. The maximum Gasteiger partial charge on any atom is 0.292 e. The van der Waals surface area contributed by atoms with Crippen molar-refractivity contribution >= 4 is 17.7 Å². The summed E-state index contributed by atoms with van der Waals surface area (Å²) in [5.41, 5.74) is 0.826. The van der Waals surface area contributed by atoms with Gasteiger partial charge in [0, 0.05) is 44.6 Å². The van der Waals surface area contributed by atoms with Crippen molar-refractivity contribution < 1.29 is 23.5 Å². The summed E-state index contributed by atoms with van der Waals surface area (Å²) in [6, 6.07) is 10.1. The summed E-state index contributed by atoms with van der Waals surface area (Å²) in [4.78, 5) is 45.0. The molecule has 1 aromatic carbocycles. The molecule has 0 radical (unpaired) electrons. The van der Waals surface area contributed by atoms with Gasteiger partial charge in [-0.05, 0) is 44.0 Å². The predicted molar refractivity (Wildman–Crippen MR) is 119 cm³/mol. The number of nitrogens with zero attached hydrogens (tertiary/aromatic N) is 3. The van der Waals surface area contributed by atoms with Crippen molar-refractivity contribution in [3.05, 3.63) is 59.5 Å². The third kappa shape index (κ3) is 3.93. The highest BCUT2D eigenvalue weighted by Gasteiger charge is 2.55. The number of carbonyl (C=O) groups excluding carboxylic acids is 3. The quantitative estimate of drug-likeness (QED) is 0.717. The molecule has 8 heteroatoms. The van der Waals surface area contributed by atoms with Gasteiger partial charge in [-0.3, -0.25) is 19.3 Å². The summed E-state index contributed by atoms with van der Waals surface area (Å²) in [5, 5.41) is 0. The third-order valence-corrected chi connectivity index (χ3v) is 7.04. The van der Waals surface area contributed by atoms with Gasteiger partial charge in [-0.2, -0.15) is 0 Å². The lowest BCUT2D eigenvalue weighted by molar-refractivity contribution is -0.136. The lowest BCUT2D eigenvalue weighted by Gasteiger charge is -2.44. The molecule has 1 atom stereocenters. The smallest absolute Gasteiger partial charge is 0.292 e. The van der Waals surface area contributed by atoms with Gasteiger partial charge in [-0.25, -0.2) is 0 Å². The van der Waals surface area contributed by atoms with Crippen LogP contribution in [-0.2, 0) is 9.53 Å². The highest BCUT2D eigenvalue weighted by molar-refractivity contribution is 5.97. The topological polar surface area (TPSA) is 83.3 Å². The molecule has 5 rings (SSSR count). The number of furan rings is 1. The fraction of sp³-hybridized carbons (Fsp3) is 0.480. The zero-order valence-corrected chi connectivity index (χ0v) is 18.9. The van der Waals surface area contributed by atoms with Gasteiger partial charge < -0.3 is 19.0 Å². The Morgan fingerprint density at radius 1 is 0.909 bits per heavy atom. The summed E-state index contributed by atoms with van der Waals surface area (Å²) in [7, 11) is 0. The average Bonchev–Trinajstić information content (AvgIpc) is 3.60. The molecule has 1 aromatic heterocycles. The second-order valence-electron chi connectivity index (χ2n) is 9.12. The van der Waals surface area contributed by atoms with Gasteiger partial charge in [0.25, 0.3) is 11.8 Å². The van der Waals surface area contributed by atoms with E-state index in [-0.39, 0.29) is 30.1 Å². The van der Waals surface area contributed by atoms with Crippen LogP contribution in [0.25, 0.3) is 0 Å². The summed E-state index contributed by atoms with van der Waals surface area (Å²) in [5.74, 6) is -0.246. The van der Waals surface area contributed by atoms with Gasteiger partial charge in [-0.15, -0.1) is 0 Å². The molecule has 3 aliphatic rings. The monoisotopic (exact) mass is 451 g/mol. The van der Waals surface area contributed by atoms with Crippen LogP contribution in [-0.4, -0.2) is 77.0 Å². The van der Waals surface area contributed by atoms with Gasteiger partial charge in [0.2, 0.25) is 5.91 Å². The molecule has 8 nitrogen and oxygen atoms in total. The van der Waals surface area contributed by atoms with E-state index in [0.29, 0.717) is 44.6 Å². The van der Waals surface area contributed by atoms with E-state index in [1.807, 2.05) is 36.1 Å². The first kappa shape index (κ1) is 21.7. The van der Waals surface area contributed by atoms with E-state index in [1.165, 1.54) is 6.26 Å². The molecular formula is C25H29N3O5. The molecule has 33 heavy (non-hydrogen) atoms. The van der Waals surface area contributed by atoms with Crippen LogP contribution in [0.5, 0.6) is 0 Å². The number of carbonyl (C=O) groups is 3. The van der Waals surface area contributed by atoms with Crippen molar-refractivity contribution in [1.82, 2.24) is 14.7 Å². The fourth-order valence-electron chi connectivity index (χ4n) is 5.16. The summed E-state index contributed by atoms with van der Waals surface area (Å²) in [6.07, 6.45) is 4.30. The summed E-state index contributed by atoms with van der Waals surface area (Å²) in [6.45, 7) is 4.46. The molecule has 3 fully saturated rings. The molecule has 1 unspecified atom stereocenters. The zero-order chi connectivity index (χ0) is 23.0. The van der Waals surface area contributed by atoms with Crippen molar-refractivity contribution in [2.24, 2.45) is 0 Å². The van der Waals surface area contributed by atoms with Crippen molar-refractivity contribution in [3.8, 4) is 0 Å². The van der Waals surface area contributed by atoms with Crippen LogP contribution in [0.3, 0.4) is 0 Å². The lowest BCUT2D eigenvalue weighted by Crippen LogP contribution is -2.60. The number of amides is 3. The van der Waals surface area contributed by atoms with E-state index in [0.717, 1.165) is 18.4 Å². The van der Waals surface area contributed by atoms with Crippen LogP contribution in [0.4, 0.5) is 0 Å². The molecule has 174 valence electrons. The minimum atomic E-state index is -0.923. The molecule has 4 heterocycles. The summed E-state index contributed by atoms with van der Waals surface area (Å²) >= 11 is 0. The van der Waals surface area contributed by atoms with Gasteiger partial charge in [0.05, 0.1) is 12.9 Å². The zero-order valence-electron chi connectivity index (χ0n) is 18.9. The normalized spacial score (nSPS) is 22.2. The van der Waals surface area contributed by atoms with Crippen LogP contribution in [0.2, 0.25) is 0 Å². The van der Waals surface area contributed by atoms with E-state index in [9.17, 15) is 14.4 Å². The van der Waals surface area contributed by atoms with Gasteiger partial charge in [0.1, 0.15) is 11.8 Å². The van der Waals surface area contributed by atoms with Gasteiger partial charge in [-0.1, -0.05) is 17.7 Å². The number of ether oxygens (including phenoxy) is 1. The molecule has 3 aliphatic heterocycles. The molecule has 1 spiro atoms. The second-order valence-corrected chi connectivity index (χ2v) is 9.12. The maximum atomic E-state index is 13.5. The van der Waals surface area contributed by atoms with E-state index >= 15 is 0 Å². The number of hydrogen-bond acceptors (Lipinski definition) is 5. The van der Waals surface area contributed by atoms with Crippen LogP contribution in [0.1, 0.15) is 52.2 Å². The molecule has 0 bridgehead atoms. The first-order valence-corrected chi connectivity index (χ1v) is 11.6. The van der Waals surface area contributed by atoms with Crippen LogP contribution in [0.15, 0.2) is 47.1 Å². The molecule has 3 amide bonds. The Balaban J connectivity index is 1.37. The Hall–Kier alpha value is -3.13. The second kappa shape index (κ2) is 8.67. The Morgan fingerprint density at radius 2 is 1.61 bits per heavy atom. The minimum absolute atomic E-state index is 0.0311. The Bertz CT molecular complexity index is 1020. The van der Waals surface area contributed by atoms with Crippen LogP contribution in [0, 0.1) is 6.92 Å². The van der Waals surface area contributed by atoms with E-state index < -0.39 is 11.8 Å². The predicted octanol–water partition coefficient (Wildman–Crippen LogP) is 2.68. The number of rotatable bonds is 3. The van der Waals surface area contributed by atoms with Crippen molar-refractivity contribution in [3.63, 3.8) is 0 Å². The van der Waals surface area contributed by atoms with E-state index in [4.69, 9.17) is 9.15 Å². The van der Waals surface area contributed by atoms with Crippen molar-refractivity contribution in [1.29, 1.82) is 0 Å². The standard InChI is InChI=1S/C25H29N3O5/c1-18-6-8-19(9-7-18)22(29)27-14-10-25(11-15-27)28(24(31)21-5-4-16-32-21)20(17-33-25)23(30)26-12-2-3-13-26/h4-9,16,20H,2-3,10-15,17H2,1H3. The molecular weight excluding hydrogens is 422 g/mol. The van der Waals surface area contributed by atoms with Crippen molar-refractivity contribution in [2.75, 3.05) is 32.8 Å². The molecule has 2 aromatic rings. The van der Waals surface area contributed by atoms with Crippen LogP contribution >= 0.6 is 0 Å². The van der Waals surface area contributed by atoms with Crippen LogP contribution < -0.4 is 0 Å². The summed E-state index contributed by atoms with van der Waals surface area (Å²) < 4.78 is 11.6. The molecule has 3 saturated heterocycles. The first-order valence-electron chi connectivity index (χ1n) is 11.6. The minimum Gasteiger partial charge on any atom is -0.459 e. The SMILES string of the molecule is Cc1ccc(C(=O)N2CCC3(CC2)OCC(C(=O)N2CCCC2)N3C(=O)c2ccco2)cc1. The Morgan fingerprint density at radius 3 is 2.24 bits per heavy atom. The number of aryl methyl sites for hydroxylation is 1. The van der Waals surface area contributed by atoms with E-state index in [1.54, 1.807) is 21.9 Å². The number of likely N-dealkylation sites (tertiary alicyclic amines) is 2. The first-order chi connectivity index (χ1) is 16.0. The highest BCUT2D eigenvalue weighted by Crippen LogP contribution is 2.39. The molecule has 0 N–H and O–H groups in total. The number of piperidine rings is 1.